The van der Waals surface area contributed by atoms with Crippen LogP contribution in [0.4, 0.5) is 0 Å². The quantitative estimate of drug-likeness (QED) is 0.765. The van der Waals surface area contributed by atoms with Crippen LogP contribution in [-0.2, 0) is 4.74 Å². The average molecular weight is 226 g/mol. The van der Waals surface area contributed by atoms with Gasteiger partial charge in [-0.05, 0) is 31.4 Å². The van der Waals surface area contributed by atoms with Crippen LogP contribution in [0.1, 0.15) is 22.3 Å². The summed E-state index contributed by atoms with van der Waals surface area (Å²) in [5, 5.41) is 3.18. The molecule has 15 heavy (non-hydrogen) atoms. The highest BCUT2D eigenvalue weighted by molar-refractivity contribution is 7.08. The van der Waals surface area contributed by atoms with E-state index >= 15 is 0 Å². The summed E-state index contributed by atoms with van der Waals surface area (Å²) in [6, 6.07) is 1.61. The fraction of sp³-hybridized carbons (Fsp3) is 0.600. The number of hydrogen-bond acceptors (Lipinski definition) is 5. The van der Waals surface area contributed by atoms with Gasteiger partial charge < -0.3 is 10.1 Å². The Morgan fingerprint density at radius 2 is 2.53 bits per heavy atom. The molecular formula is C10H14N2O2S. The maximum Gasteiger partial charge on any atom is 0.193 e. The topological polar surface area (TPSA) is 51.2 Å². The van der Waals surface area contributed by atoms with Crippen LogP contribution in [-0.4, -0.2) is 35.5 Å². The molecule has 0 amide bonds. The molecule has 0 spiro atoms. The molecule has 2 unspecified atom stereocenters. The molecular weight excluding hydrogens is 212 g/mol. The van der Waals surface area contributed by atoms with Crippen LogP contribution in [0.3, 0.4) is 0 Å². The summed E-state index contributed by atoms with van der Waals surface area (Å²) >= 11 is 1.26. The second kappa shape index (κ2) is 4.38. The van der Waals surface area contributed by atoms with E-state index in [1.165, 1.54) is 11.5 Å². The van der Waals surface area contributed by atoms with Crippen LogP contribution in [0.2, 0.25) is 0 Å². The van der Waals surface area contributed by atoms with Gasteiger partial charge in [-0.15, -0.1) is 0 Å². The number of hydrogen-bond donors (Lipinski definition) is 1. The third kappa shape index (κ3) is 2.25. The number of nitrogens with zero attached hydrogens (tertiary/aromatic N) is 1. The van der Waals surface area contributed by atoms with Crippen LogP contribution < -0.4 is 5.32 Å². The molecule has 1 aliphatic rings. The Morgan fingerprint density at radius 1 is 1.73 bits per heavy atom. The summed E-state index contributed by atoms with van der Waals surface area (Å²) in [6.07, 6.45) is -0.0614. The molecule has 0 bridgehead atoms. The van der Waals surface area contributed by atoms with E-state index in [1.54, 1.807) is 0 Å². The average Bonchev–Trinajstić information content (AvgIpc) is 2.65. The molecule has 1 N–H and O–H groups in total. The van der Waals surface area contributed by atoms with Crippen molar-refractivity contribution < 1.29 is 9.53 Å². The van der Waals surface area contributed by atoms with Gasteiger partial charge in [-0.3, -0.25) is 4.79 Å². The van der Waals surface area contributed by atoms with E-state index < -0.39 is 0 Å². The zero-order valence-corrected chi connectivity index (χ0v) is 9.63. The fourth-order valence-corrected chi connectivity index (χ4v) is 2.40. The molecule has 2 heterocycles. The molecule has 0 saturated carbocycles. The van der Waals surface area contributed by atoms with Crippen molar-refractivity contribution in [3.63, 3.8) is 0 Å². The van der Waals surface area contributed by atoms with Crippen molar-refractivity contribution >= 4 is 17.3 Å². The summed E-state index contributed by atoms with van der Waals surface area (Å²) in [4.78, 5) is 12.8. The van der Waals surface area contributed by atoms with Gasteiger partial charge in [0.15, 0.2) is 5.78 Å². The van der Waals surface area contributed by atoms with Crippen LogP contribution in [0, 0.1) is 6.92 Å². The van der Waals surface area contributed by atoms with Gasteiger partial charge >= 0.3 is 0 Å². The Hall–Kier alpha value is -0.780. The van der Waals surface area contributed by atoms with Crippen molar-refractivity contribution in [1.29, 1.82) is 0 Å². The first kappa shape index (κ1) is 10.7. The van der Waals surface area contributed by atoms with Gasteiger partial charge in [-0.2, -0.15) is 4.37 Å². The number of Topliss-reactive ketones (excluding diaryl/α,β-unsaturated/α-hetero) is 1. The maximum atomic E-state index is 12.1. The monoisotopic (exact) mass is 226 g/mol. The number of rotatable bonds is 2. The van der Waals surface area contributed by atoms with E-state index in [4.69, 9.17) is 4.74 Å². The Balaban J connectivity index is 2.13. The van der Waals surface area contributed by atoms with Crippen molar-refractivity contribution in [3.05, 3.63) is 16.6 Å². The Bertz CT molecular complexity index is 364. The molecule has 82 valence electrons. The number of aromatic nitrogens is 1. The first-order chi connectivity index (χ1) is 7.18. The maximum absolute atomic E-state index is 12.1. The van der Waals surface area contributed by atoms with Gasteiger partial charge in [0.2, 0.25) is 0 Å². The molecule has 0 aliphatic carbocycles. The molecule has 0 aromatic carbocycles. The largest absolute Gasteiger partial charge is 0.375 e. The highest BCUT2D eigenvalue weighted by Crippen LogP contribution is 2.15. The number of carbonyl (C=O) groups excluding carboxylic acids is 1. The van der Waals surface area contributed by atoms with Crippen molar-refractivity contribution in [2.24, 2.45) is 0 Å². The van der Waals surface area contributed by atoms with Gasteiger partial charge in [0.25, 0.3) is 0 Å². The molecule has 1 aliphatic heterocycles. The summed E-state index contributed by atoms with van der Waals surface area (Å²) in [5.41, 5.74) is 0.896. The van der Waals surface area contributed by atoms with Gasteiger partial charge in [-0.25, -0.2) is 0 Å². The lowest BCUT2D eigenvalue weighted by atomic mass is 10.0. The Kier molecular flexibility index (Phi) is 3.14. The summed E-state index contributed by atoms with van der Waals surface area (Å²) in [5.74, 6) is 0.0906. The lowest BCUT2D eigenvalue weighted by molar-refractivity contribution is 0.0113. The van der Waals surface area contributed by atoms with E-state index in [0.717, 1.165) is 12.2 Å². The predicted molar refractivity (Wildman–Crippen MR) is 58.4 cm³/mol. The van der Waals surface area contributed by atoms with Gasteiger partial charge in [-0.1, -0.05) is 0 Å². The predicted octanol–water partition coefficient (Wildman–Crippen LogP) is 1.01. The number of aryl methyl sites for hydroxylation is 1. The minimum absolute atomic E-state index is 0.0614. The molecule has 1 aromatic heterocycles. The molecule has 0 radical (unpaired) electrons. The third-order valence-electron chi connectivity index (χ3n) is 2.47. The number of ether oxygens (including phenoxy) is 1. The van der Waals surface area contributed by atoms with E-state index in [9.17, 15) is 4.79 Å². The lowest BCUT2D eigenvalue weighted by Gasteiger charge is -2.28. The number of ketones is 1. The third-order valence-corrected chi connectivity index (χ3v) is 3.36. The van der Waals surface area contributed by atoms with Crippen LogP contribution >= 0.6 is 11.5 Å². The normalized spacial score (nSPS) is 26.5. The van der Waals surface area contributed by atoms with Crippen LogP contribution in [0.15, 0.2) is 6.07 Å². The van der Waals surface area contributed by atoms with Crippen molar-refractivity contribution in [1.82, 2.24) is 9.69 Å². The minimum atomic E-state index is -0.224. The van der Waals surface area contributed by atoms with Gasteiger partial charge in [0, 0.05) is 6.54 Å². The van der Waals surface area contributed by atoms with E-state index in [-0.39, 0.29) is 17.9 Å². The summed E-state index contributed by atoms with van der Waals surface area (Å²) in [6.45, 7) is 5.22. The zero-order valence-electron chi connectivity index (χ0n) is 8.82. The fourth-order valence-electron chi connectivity index (χ4n) is 1.66. The van der Waals surface area contributed by atoms with Crippen molar-refractivity contribution in [2.75, 3.05) is 13.2 Å². The Morgan fingerprint density at radius 3 is 3.13 bits per heavy atom. The number of morpholine rings is 1. The molecule has 1 aromatic rings. The second-order valence-corrected chi connectivity index (χ2v) is 4.51. The highest BCUT2D eigenvalue weighted by Gasteiger charge is 2.29. The van der Waals surface area contributed by atoms with Crippen LogP contribution in [0.5, 0.6) is 0 Å². The smallest absolute Gasteiger partial charge is 0.193 e. The molecule has 2 atom stereocenters. The minimum Gasteiger partial charge on any atom is -0.375 e. The standard InChI is InChI=1S/C10H14N2O2S/c1-6-5-8(15-12-6)10(13)9-7(2)14-4-3-11-9/h5,7,9,11H,3-4H2,1-2H3. The number of nitrogens with one attached hydrogen (secondary N) is 1. The highest BCUT2D eigenvalue weighted by atomic mass is 32.1. The zero-order chi connectivity index (χ0) is 10.8. The first-order valence-electron chi connectivity index (χ1n) is 5.01. The van der Waals surface area contributed by atoms with E-state index in [2.05, 4.69) is 9.69 Å². The lowest BCUT2D eigenvalue weighted by Crippen LogP contribution is -2.51. The van der Waals surface area contributed by atoms with E-state index in [0.29, 0.717) is 11.5 Å². The molecule has 2 rings (SSSR count). The van der Waals surface area contributed by atoms with E-state index in [1.807, 2.05) is 19.9 Å². The van der Waals surface area contributed by atoms with Crippen molar-refractivity contribution in [3.8, 4) is 0 Å². The van der Waals surface area contributed by atoms with Gasteiger partial charge in [0.05, 0.1) is 29.3 Å². The SMILES string of the molecule is Cc1cc(C(=O)C2NCCOC2C)sn1. The summed E-state index contributed by atoms with van der Waals surface area (Å²) < 4.78 is 9.55. The van der Waals surface area contributed by atoms with Crippen LogP contribution in [0.25, 0.3) is 0 Å². The van der Waals surface area contributed by atoms with Gasteiger partial charge in [0.1, 0.15) is 0 Å². The molecule has 1 saturated heterocycles. The molecule has 5 heteroatoms. The number of carbonyl (C=O) groups is 1. The molecule has 1 fully saturated rings. The second-order valence-electron chi connectivity index (χ2n) is 3.70. The summed E-state index contributed by atoms with van der Waals surface area (Å²) in [7, 11) is 0. The first-order valence-corrected chi connectivity index (χ1v) is 5.78. The molecule has 4 nitrogen and oxygen atoms in total. The van der Waals surface area contributed by atoms with Crippen molar-refractivity contribution in [2.45, 2.75) is 26.0 Å². The Labute approximate surface area is 92.8 Å².